The first-order chi connectivity index (χ1) is 35.9. The minimum Gasteiger partial charge on any atom is -0.449 e. The Hall–Kier alpha value is -4.88. The number of ether oxygens (including phenoxy) is 10. The number of rotatable bonds is 34. The van der Waals surface area contributed by atoms with Gasteiger partial charge >= 0.3 is 12.2 Å². The molecule has 4 aliphatic rings. The normalized spacial score (nSPS) is 21.0. The van der Waals surface area contributed by atoms with E-state index < -0.39 is 12.2 Å². The first-order valence-electron chi connectivity index (χ1n) is 25.8. The number of carbonyl (C=O) groups excluding carboxylic acids is 2. The first-order valence-corrected chi connectivity index (χ1v) is 26.6. The number of nitrogens with zero attached hydrogens (tertiary/aromatic N) is 7. The number of amides is 2. The molecule has 7 rings (SSSR count). The number of fused-ring (bicyclic) bond motifs is 4. The Kier molecular flexibility index (Phi) is 23.8. The highest BCUT2D eigenvalue weighted by Gasteiger charge is 2.51. The van der Waals surface area contributed by atoms with Crippen LogP contribution in [0.15, 0.2) is 29.2 Å². The molecule has 7 atom stereocenters. The molecule has 21 nitrogen and oxygen atoms in total. The van der Waals surface area contributed by atoms with Gasteiger partial charge in [0, 0.05) is 38.2 Å². The molecular weight excluding hydrogens is 963 g/mol. The van der Waals surface area contributed by atoms with Crippen molar-refractivity contribution in [2.75, 3.05) is 125 Å². The fourth-order valence-corrected chi connectivity index (χ4v) is 10.4. The fraction of sp³-hybridized carbons (Fsp3) is 0.706. The van der Waals surface area contributed by atoms with Crippen molar-refractivity contribution in [1.29, 1.82) is 5.26 Å². The summed E-state index contributed by atoms with van der Waals surface area (Å²) in [5.74, 6) is 5.39. The van der Waals surface area contributed by atoms with E-state index in [1.165, 1.54) is 5.69 Å². The molecule has 0 bridgehead atoms. The highest BCUT2D eigenvalue weighted by atomic mass is 32.2. The van der Waals surface area contributed by atoms with Gasteiger partial charge in [-0.1, -0.05) is 16.3 Å². The van der Waals surface area contributed by atoms with Crippen LogP contribution in [0.4, 0.5) is 9.59 Å². The lowest BCUT2D eigenvalue weighted by molar-refractivity contribution is -0.0825. The van der Waals surface area contributed by atoms with Crippen molar-refractivity contribution in [3.8, 4) is 23.4 Å². The summed E-state index contributed by atoms with van der Waals surface area (Å²) in [6, 6.07) is 7.79. The average molecular weight is 1040 g/mol. The van der Waals surface area contributed by atoms with Gasteiger partial charge in [-0.05, 0) is 129 Å². The summed E-state index contributed by atoms with van der Waals surface area (Å²) in [7, 11) is 1.95. The molecule has 0 spiro atoms. The molecule has 73 heavy (non-hydrogen) atoms. The zero-order valence-corrected chi connectivity index (χ0v) is 43.0. The Morgan fingerprint density at radius 3 is 1.81 bits per heavy atom. The van der Waals surface area contributed by atoms with Crippen LogP contribution in [0.3, 0.4) is 0 Å². The number of aromatic nitrogens is 6. The van der Waals surface area contributed by atoms with Crippen LogP contribution in [0, 0.1) is 58.5 Å². The summed E-state index contributed by atoms with van der Waals surface area (Å²) in [6.45, 7) is 7.15. The van der Waals surface area contributed by atoms with E-state index in [9.17, 15) is 9.59 Å². The van der Waals surface area contributed by atoms with Gasteiger partial charge in [-0.3, -0.25) is 4.68 Å². The van der Waals surface area contributed by atoms with Crippen molar-refractivity contribution < 1.29 is 57.0 Å². The third-order valence-corrected chi connectivity index (χ3v) is 14.5. The fourth-order valence-electron chi connectivity index (χ4n) is 9.98. The second kappa shape index (κ2) is 31.1. The van der Waals surface area contributed by atoms with Crippen molar-refractivity contribution >= 4 is 23.9 Å². The minimum atomic E-state index is -0.441. The lowest BCUT2D eigenvalue weighted by Gasteiger charge is -2.18. The summed E-state index contributed by atoms with van der Waals surface area (Å²) in [4.78, 5) is 25.7. The Morgan fingerprint density at radius 1 is 0.671 bits per heavy atom. The lowest BCUT2D eigenvalue weighted by atomic mass is 10.0. The number of hydrogen-bond acceptors (Lipinski definition) is 18. The molecule has 4 aliphatic carbocycles. The van der Waals surface area contributed by atoms with Crippen LogP contribution >= 0.6 is 11.8 Å². The van der Waals surface area contributed by atoms with Crippen molar-refractivity contribution in [3.05, 3.63) is 47.0 Å². The maximum Gasteiger partial charge on any atom is 0.407 e. The van der Waals surface area contributed by atoms with Crippen molar-refractivity contribution in [2.45, 2.75) is 68.8 Å². The van der Waals surface area contributed by atoms with Crippen LogP contribution in [0.25, 0.3) is 5.69 Å². The molecule has 2 heterocycles. The number of nitrogens with one attached hydrogen (secondary N) is 2. The highest BCUT2D eigenvalue weighted by Crippen LogP contribution is 2.54. The van der Waals surface area contributed by atoms with Crippen molar-refractivity contribution in [2.24, 2.45) is 42.6 Å². The Morgan fingerprint density at radius 2 is 1.18 bits per heavy atom. The van der Waals surface area contributed by atoms with E-state index in [-0.39, 0.29) is 12.7 Å². The van der Waals surface area contributed by atoms with Crippen molar-refractivity contribution in [1.82, 2.24) is 40.6 Å². The standard InChI is InChI=1S/C51H73N9O12S/c1-3-19-63-24-26-66-28-29-69-33-38(32-68-21-4-20-64-22-17-53-50(61)71-34-44-40-9-13-46-48(15-11-42(40)44)59(2)57-55-46)70-31-30-67-27-25-65-23-18-54-51(62)72-35-45-41-10-14-47-49(16-12-43(41)45)60(58-56-47)37-5-7-39(8-6-37)73-36-52/h1,5-8,38,40-45H,4,9-35H2,2H3,(H,53,61)(H,54,62). The molecule has 2 saturated carbocycles. The number of terminal acetylenes is 1. The van der Waals surface area contributed by atoms with Gasteiger partial charge in [0.2, 0.25) is 0 Å². The Bertz CT molecular complexity index is 2200. The number of alkyl carbamates (subject to hydrolysis) is 2. The maximum absolute atomic E-state index is 12.5. The second-order valence-electron chi connectivity index (χ2n) is 18.6. The number of carbonyl (C=O) groups is 2. The van der Waals surface area contributed by atoms with E-state index in [1.54, 1.807) is 0 Å². The van der Waals surface area contributed by atoms with Gasteiger partial charge in [-0.2, -0.15) is 5.26 Å². The van der Waals surface area contributed by atoms with Crippen molar-refractivity contribution in [3.63, 3.8) is 0 Å². The summed E-state index contributed by atoms with van der Waals surface area (Å²) >= 11 is 1.13. The summed E-state index contributed by atoms with van der Waals surface area (Å²) < 4.78 is 60.5. The quantitative estimate of drug-likeness (QED) is 0.0370. The maximum atomic E-state index is 12.5. The third kappa shape index (κ3) is 18.5. The second-order valence-corrected chi connectivity index (χ2v) is 19.4. The number of nitriles is 1. The van der Waals surface area contributed by atoms with Gasteiger partial charge in [0.15, 0.2) is 0 Å². The number of hydrogen-bond donors (Lipinski definition) is 2. The smallest absolute Gasteiger partial charge is 0.407 e. The van der Waals surface area contributed by atoms with Crippen LogP contribution < -0.4 is 10.6 Å². The van der Waals surface area contributed by atoms with E-state index in [2.05, 4.69) is 42.6 Å². The SMILES string of the molecule is C#CCOCCOCCOCC(COCCCOCCNC(=O)OCC1C2CCc3nnn(C)c3CCC21)OCCOCCOCCNC(=O)OCC1C2CCc3nnn(-c4ccc(SC#N)cc4)c3CCC21. The number of thiocyanates is 1. The number of thioether (sulfide) groups is 1. The van der Waals surface area contributed by atoms with Gasteiger partial charge in [0.25, 0.3) is 0 Å². The Labute approximate surface area is 432 Å². The topological polar surface area (TPSA) is 236 Å². The van der Waals surface area contributed by atoms with E-state index >= 15 is 0 Å². The molecule has 7 unspecified atom stereocenters. The molecule has 0 aliphatic heterocycles. The van der Waals surface area contributed by atoms with E-state index in [0.29, 0.717) is 161 Å². The van der Waals surface area contributed by atoms with Gasteiger partial charge in [-0.25, -0.2) is 14.3 Å². The molecule has 1 aromatic carbocycles. The summed E-state index contributed by atoms with van der Waals surface area (Å²) in [5.41, 5.74) is 5.43. The minimum absolute atomic E-state index is 0.254. The summed E-state index contributed by atoms with van der Waals surface area (Å²) in [5, 5.41) is 34.1. The van der Waals surface area contributed by atoms with Crippen LogP contribution in [0.2, 0.25) is 0 Å². The predicted octanol–water partition coefficient (Wildman–Crippen LogP) is 4.13. The molecule has 400 valence electrons. The van der Waals surface area contributed by atoms with E-state index in [4.69, 9.17) is 59.1 Å². The van der Waals surface area contributed by atoms with E-state index in [1.807, 2.05) is 40.7 Å². The third-order valence-electron chi connectivity index (χ3n) is 13.9. The molecule has 2 amide bonds. The van der Waals surface area contributed by atoms with Gasteiger partial charge in [0.1, 0.15) is 18.1 Å². The predicted molar refractivity (Wildman–Crippen MR) is 266 cm³/mol. The molecule has 22 heteroatoms. The molecule has 2 aromatic heterocycles. The van der Waals surface area contributed by atoms with Crippen LogP contribution in [-0.2, 0) is 80.1 Å². The van der Waals surface area contributed by atoms with Crippen LogP contribution in [0.5, 0.6) is 0 Å². The van der Waals surface area contributed by atoms with Gasteiger partial charge < -0.3 is 58.0 Å². The van der Waals surface area contributed by atoms with Gasteiger partial charge in [-0.15, -0.1) is 16.6 Å². The zero-order chi connectivity index (χ0) is 50.9. The number of benzene rings is 1. The molecule has 0 radical (unpaired) electrons. The lowest BCUT2D eigenvalue weighted by Crippen LogP contribution is -2.29. The van der Waals surface area contributed by atoms with Gasteiger partial charge in [0.05, 0.1) is 121 Å². The molecule has 2 fully saturated rings. The number of aryl methyl sites for hydroxylation is 3. The highest BCUT2D eigenvalue weighted by molar-refractivity contribution is 8.03. The van der Waals surface area contributed by atoms with Crippen LogP contribution in [-0.4, -0.2) is 174 Å². The Balaban J connectivity index is 0.669. The molecule has 3 aromatic rings. The summed E-state index contributed by atoms with van der Waals surface area (Å²) in [6.07, 6.45) is 12.4. The molecule has 2 N–H and O–H groups in total. The van der Waals surface area contributed by atoms with Crippen LogP contribution in [0.1, 0.15) is 54.9 Å². The molecule has 0 saturated heterocycles. The van der Waals surface area contributed by atoms with E-state index in [0.717, 1.165) is 90.8 Å². The zero-order valence-electron chi connectivity index (χ0n) is 42.2. The monoisotopic (exact) mass is 1040 g/mol. The first kappa shape index (κ1) is 55.9. The largest absolute Gasteiger partial charge is 0.449 e. The molecular formula is C51H73N9O12S. The average Bonchev–Trinajstić information content (AvgIpc) is 4.13.